The van der Waals surface area contributed by atoms with Crippen molar-refractivity contribution >= 4 is 35.8 Å². The van der Waals surface area contributed by atoms with Crippen molar-refractivity contribution < 1.29 is 9.53 Å². The van der Waals surface area contributed by atoms with Crippen molar-refractivity contribution in [2.45, 2.75) is 57.5 Å². The third kappa shape index (κ3) is 5.97. The molecule has 6 nitrogen and oxygen atoms in total. The van der Waals surface area contributed by atoms with Crippen LogP contribution in [0.5, 0.6) is 0 Å². The van der Waals surface area contributed by atoms with Crippen LogP contribution in [0.2, 0.25) is 0 Å². The molecule has 0 bridgehead atoms. The fraction of sp³-hybridized carbons (Fsp3) is 0.895. The third-order valence-electron chi connectivity index (χ3n) is 5.85. The number of ether oxygens (including phenoxy) is 1. The van der Waals surface area contributed by atoms with E-state index in [1.54, 1.807) is 0 Å². The minimum Gasteiger partial charge on any atom is -0.368 e. The Balaban J connectivity index is 0.00000243. The van der Waals surface area contributed by atoms with Crippen LogP contribution in [-0.4, -0.2) is 74.1 Å². The van der Waals surface area contributed by atoms with Crippen molar-refractivity contribution in [2.24, 2.45) is 10.9 Å². The number of halogens is 1. The predicted octanol–water partition coefficient (Wildman–Crippen LogP) is 2.47. The van der Waals surface area contributed by atoms with E-state index in [1.165, 1.54) is 38.5 Å². The zero-order valence-electron chi connectivity index (χ0n) is 16.1. The van der Waals surface area contributed by atoms with Gasteiger partial charge in [-0.3, -0.25) is 9.79 Å². The molecule has 2 saturated heterocycles. The van der Waals surface area contributed by atoms with Gasteiger partial charge in [-0.15, -0.1) is 24.0 Å². The Morgan fingerprint density at radius 2 is 1.77 bits per heavy atom. The first-order chi connectivity index (χ1) is 12.3. The van der Waals surface area contributed by atoms with Crippen molar-refractivity contribution in [1.29, 1.82) is 0 Å². The molecule has 2 aliphatic heterocycles. The zero-order chi connectivity index (χ0) is 17.5. The van der Waals surface area contributed by atoms with Crippen molar-refractivity contribution in [2.75, 3.05) is 46.4 Å². The van der Waals surface area contributed by atoms with Crippen LogP contribution in [-0.2, 0) is 9.53 Å². The van der Waals surface area contributed by atoms with Gasteiger partial charge < -0.3 is 19.9 Å². The quantitative estimate of drug-likeness (QED) is 0.286. The van der Waals surface area contributed by atoms with Gasteiger partial charge in [0.2, 0.25) is 0 Å². The Morgan fingerprint density at radius 3 is 2.38 bits per heavy atom. The minimum absolute atomic E-state index is 0. The molecule has 3 aliphatic rings. The molecule has 1 atom stereocenters. The highest BCUT2D eigenvalue weighted by Crippen LogP contribution is 2.28. The molecule has 26 heavy (non-hydrogen) atoms. The van der Waals surface area contributed by atoms with Crippen molar-refractivity contribution in [1.82, 2.24) is 15.1 Å². The molecule has 0 aromatic carbocycles. The van der Waals surface area contributed by atoms with Crippen LogP contribution in [0.25, 0.3) is 0 Å². The molecule has 3 rings (SSSR count). The third-order valence-corrected chi connectivity index (χ3v) is 5.85. The van der Waals surface area contributed by atoms with Crippen LogP contribution in [0.4, 0.5) is 0 Å². The van der Waals surface area contributed by atoms with E-state index in [2.05, 4.69) is 15.2 Å². The number of nitrogens with one attached hydrogen (secondary N) is 1. The fourth-order valence-electron chi connectivity index (χ4n) is 4.34. The van der Waals surface area contributed by atoms with Crippen LogP contribution < -0.4 is 5.32 Å². The van der Waals surface area contributed by atoms with Gasteiger partial charge in [0.25, 0.3) is 5.91 Å². The molecule has 7 heteroatoms. The van der Waals surface area contributed by atoms with Gasteiger partial charge in [0.15, 0.2) is 5.96 Å². The van der Waals surface area contributed by atoms with Crippen LogP contribution in [0, 0.1) is 5.92 Å². The van der Waals surface area contributed by atoms with E-state index in [0.717, 1.165) is 64.0 Å². The number of carbonyl (C=O) groups is 1. The Labute approximate surface area is 175 Å². The molecular formula is C19H35IN4O2. The van der Waals surface area contributed by atoms with Crippen molar-refractivity contribution in [3.05, 3.63) is 0 Å². The van der Waals surface area contributed by atoms with Gasteiger partial charge >= 0.3 is 0 Å². The molecule has 0 radical (unpaired) electrons. The number of amides is 1. The molecule has 1 unspecified atom stereocenters. The smallest absolute Gasteiger partial charge is 0.251 e. The molecule has 0 aromatic rings. The lowest BCUT2D eigenvalue weighted by Crippen LogP contribution is -2.55. The second-order valence-corrected chi connectivity index (χ2v) is 7.58. The van der Waals surface area contributed by atoms with E-state index >= 15 is 0 Å². The van der Waals surface area contributed by atoms with Crippen LogP contribution in [0.1, 0.15) is 51.4 Å². The zero-order valence-corrected chi connectivity index (χ0v) is 18.5. The molecule has 1 amide bonds. The van der Waals surface area contributed by atoms with Crippen molar-refractivity contribution in [3.8, 4) is 0 Å². The molecule has 1 saturated carbocycles. The van der Waals surface area contributed by atoms with Crippen LogP contribution in [0.15, 0.2) is 4.99 Å². The lowest BCUT2D eigenvalue weighted by molar-refractivity contribution is -0.142. The molecule has 0 aromatic heterocycles. The predicted molar refractivity (Wildman–Crippen MR) is 115 cm³/mol. The van der Waals surface area contributed by atoms with E-state index in [9.17, 15) is 4.79 Å². The van der Waals surface area contributed by atoms with Crippen molar-refractivity contribution in [3.63, 3.8) is 0 Å². The van der Waals surface area contributed by atoms with E-state index in [0.29, 0.717) is 0 Å². The van der Waals surface area contributed by atoms with Gasteiger partial charge in [-0.2, -0.15) is 0 Å². The van der Waals surface area contributed by atoms with Crippen LogP contribution in [0.3, 0.4) is 0 Å². The Kier molecular flexibility index (Phi) is 9.45. The Morgan fingerprint density at radius 1 is 1.08 bits per heavy atom. The van der Waals surface area contributed by atoms with Gasteiger partial charge in [-0.25, -0.2) is 0 Å². The minimum atomic E-state index is -0.195. The van der Waals surface area contributed by atoms with Gasteiger partial charge in [0.1, 0.15) is 6.10 Å². The summed E-state index contributed by atoms with van der Waals surface area (Å²) in [5, 5.41) is 3.51. The van der Waals surface area contributed by atoms with E-state index in [1.807, 2.05) is 11.9 Å². The van der Waals surface area contributed by atoms with Gasteiger partial charge in [0, 0.05) is 46.4 Å². The van der Waals surface area contributed by atoms with Crippen LogP contribution >= 0.6 is 24.0 Å². The SMILES string of the molecule is CN=C(NCCCC1CCCC1)N1CCN(C(=O)C2CCCO2)CC1.I. The second kappa shape index (κ2) is 11.3. The van der Waals surface area contributed by atoms with Gasteiger partial charge in [-0.1, -0.05) is 25.7 Å². The average Bonchev–Trinajstić information content (AvgIpc) is 3.35. The standard InChI is InChI=1S/C19H34N4O2.HI/c1-20-19(21-10-4-8-16-6-2-3-7-16)23-13-11-22(12-14-23)18(24)17-9-5-15-25-17;/h16-17H,2-15H2,1H3,(H,20,21);1H. The fourth-order valence-corrected chi connectivity index (χ4v) is 4.34. The number of carbonyl (C=O) groups excluding carboxylic acids is 1. The van der Waals surface area contributed by atoms with E-state index < -0.39 is 0 Å². The molecule has 3 fully saturated rings. The maximum absolute atomic E-state index is 12.4. The first-order valence-corrected chi connectivity index (χ1v) is 10.1. The second-order valence-electron chi connectivity index (χ2n) is 7.58. The molecular weight excluding hydrogens is 443 g/mol. The monoisotopic (exact) mass is 478 g/mol. The normalized spacial score (nSPS) is 24.7. The summed E-state index contributed by atoms with van der Waals surface area (Å²) < 4.78 is 5.53. The number of hydrogen-bond acceptors (Lipinski definition) is 3. The maximum Gasteiger partial charge on any atom is 0.251 e. The number of guanidine groups is 1. The number of piperazine rings is 1. The number of nitrogens with zero attached hydrogens (tertiary/aromatic N) is 3. The molecule has 150 valence electrons. The summed E-state index contributed by atoms with van der Waals surface area (Å²) in [6.07, 6.45) is 9.96. The Hall–Kier alpha value is -0.570. The highest BCUT2D eigenvalue weighted by atomic mass is 127. The highest BCUT2D eigenvalue weighted by molar-refractivity contribution is 14.0. The number of hydrogen-bond donors (Lipinski definition) is 1. The Bertz CT molecular complexity index is 454. The largest absolute Gasteiger partial charge is 0.368 e. The van der Waals surface area contributed by atoms with Gasteiger partial charge in [-0.05, 0) is 31.6 Å². The highest BCUT2D eigenvalue weighted by Gasteiger charge is 2.30. The lowest BCUT2D eigenvalue weighted by atomic mass is 10.0. The topological polar surface area (TPSA) is 57.2 Å². The molecule has 1 aliphatic carbocycles. The number of rotatable bonds is 5. The summed E-state index contributed by atoms with van der Waals surface area (Å²) in [6.45, 7) is 4.95. The van der Waals surface area contributed by atoms with E-state index in [4.69, 9.17) is 4.74 Å². The maximum atomic E-state index is 12.4. The summed E-state index contributed by atoms with van der Waals surface area (Å²) in [5.41, 5.74) is 0. The van der Waals surface area contributed by atoms with E-state index in [-0.39, 0.29) is 36.0 Å². The molecule has 0 spiro atoms. The summed E-state index contributed by atoms with van der Waals surface area (Å²) in [7, 11) is 1.85. The molecule has 1 N–H and O–H groups in total. The summed E-state index contributed by atoms with van der Waals surface area (Å²) in [5.74, 6) is 2.11. The summed E-state index contributed by atoms with van der Waals surface area (Å²) in [4.78, 5) is 21.1. The number of aliphatic imine (C=N–C) groups is 1. The lowest BCUT2D eigenvalue weighted by Gasteiger charge is -2.37. The summed E-state index contributed by atoms with van der Waals surface area (Å²) >= 11 is 0. The average molecular weight is 478 g/mol. The first-order valence-electron chi connectivity index (χ1n) is 10.1. The first kappa shape index (κ1) is 21.7. The van der Waals surface area contributed by atoms with Gasteiger partial charge in [0.05, 0.1) is 0 Å². The summed E-state index contributed by atoms with van der Waals surface area (Å²) in [6, 6.07) is 0. The molecule has 2 heterocycles.